The fourth-order valence-electron chi connectivity index (χ4n) is 3.82. The molecule has 1 aromatic carbocycles. The van der Waals surface area contributed by atoms with Gasteiger partial charge in [0.25, 0.3) is 5.56 Å². The number of benzene rings is 1. The van der Waals surface area contributed by atoms with Gasteiger partial charge in [0.1, 0.15) is 12.2 Å². The summed E-state index contributed by atoms with van der Waals surface area (Å²) >= 11 is 0. The Hall–Kier alpha value is -4.50. The Morgan fingerprint density at radius 2 is 1.74 bits per heavy atom. The van der Waals surface area contributed by atoms with Crippen LogP contribution >= 0.6 is 7.82 Å². The van der Waals surface area contributed by atoms with Gasteiger partial charge in [0.15, 0.2) is 0 Å². The average molecular weight is 561 g/mol. The SMILES string of the molecule is Nc1ncc(-c2ccc3ncc4c(=O)n(COP(=O)(O)O)c(=O)n(-c5cccc(C(F)(F)F)c5)c4c3n2)cn1. The highest BCUT2D eigenvalue weighted by atomic mass is 31.2. The lowest BCUT2D eigenvalue weighted by atomic mass is 10.1. The topological polar surface area (TPSA) is 188 Å². The molecule has 39 heavy (non-hydrogen) atoms. The minimum Gasteiger partial charge on any atom is -0.368 e. The summed E-state index contributed by atoms with van der Waals surface area (Å²) < 4.78 is 57.3. The molecule has 0 aliphatic rings. The molecule has 4 aromatic heterocycles. The molecule has 0 bridgehead atoms. The summed E-state index contributed by atoms with van der Waals surface area (Å²) in [4.78, 5) is 61.4. The Labute approximate surface area is 214 Å². The third-order valence-electron chi connectivity index (χ3n) is 5.56. The number of aromatic nitrogens is 6. The lowest BCUT2D eigenvalue weighted by molar-refractivity contribution is -0.137. The standard InChI is InChI=1S/C22H15F3N7O6P/c23-22(24,25)12-2-1-3-13(6-12)32-18-14(19(33)31(21(32)34)10-38-39(35,36)37)9-27-16-5-4-15(30-17(16)18)11-7-28-20(26)29-8-11/h1-9H,10H2,(H2,26,28,29)(H2,35,36,37). The van der Waals surface area contributed by atoms with E-state index in [-0.39, 0.29) is 39.3 Å². The highest BCUT2D eigenvalue weighted by molar-refractivity contribution is 7.46. The second-order valence-electron chi connectivity index (χ2n) is 8.06. The molecule has 0 saturated carbocycles. The number of halogens is 3. The van der Waals surface area contributed by atoms with E-state index in [0.717, 1.165) is 22.9 Å². The van der Waals surface area contributed by atoms with Crippen LogP contribution in [0.4, 0.5) is 19.1 Å². The molecule has 0 aliphatic heterocycles. The first kappa shape index (κ1) is 26.1. The van der Waals surface area contributed by atoms with Crippen LogP contribution in [0.15, 0.2) is 64.6 Å². The number of hydrogen-bond acceptors (Lipinski definition) is 9. The van der Waals surface area contributed by atoms with E-state index in [2.05, 4.69) is 24.5 Å². The van der Waals surface area contributed by atoms with Crippen molar-refractivity contribution in [1.29, 1.82) is 0 Å². The van der Waals surface area contributed by atoms with E-state index in [0.29, 0.717) is 16.2 Å². The van der Waals surface area contributed by atoms with Gasteiger partial charge in [0.2, 0.25) is 5.95 Å². The first-order valence-electron chi connectivity index (χ1n) is 10.7. The molecule has 0 saturated heterocycles. The first-order valence-corrected chi connectivity index (χ1v) is 12.3. The normalized spacial score (nSPS) is 12.3. The molecule has 17 heteroatoms. The predicted octanol–water partition coefficient (Wildman–Crippen LogP) is 2.22. The summed E-state index contributed by atoms with van der Waals surface area (Å²) in [6, 6.07) is 6.80. The van der Waals surface area contributed by atoms with Gasteiger partial charge in [-0.1, -0.05) is 6.07 Å². The molecule has 4 heterocycles. The molecular weight excluding hydrogens is 546 g/mol. The molecule has 4 N–H and O–H groups in total. The monoisotopic (exact) mass is 561 g/mol. The third-order valence-corrected chi connectivity index (χ3v) is 6.01. The van der Waals surface area contributed by atoms with E-state index in [1.807, 2.05) is 0 Å². The lowest BCUT2D eigenvalue weighted by Gasteiger charge is -2.17. The van der Waals surface area contributed by atoms with Crippen molar-refractivity contribution in [3.8, 4) is 16.9 Å². The number of hydrogen-bond donors (Lipinski definition) is 3. The highest BCUT2D eigenvalue weighted by Crippen LogP contribution is 2.36. The van der Waals surface area contributed by atoms with Gasteiger partial charge in [0.05, 0.1) is 33.4 Å². The summed E-state index contributed by atoms with van der Waals surface area (Å²) in [6.07, 6.45) is -0.939. The van der Waals surface area contributed by atoms with Crippen molar-refractivity contribution in [3.05, 3.63) is 81.4 Å². The van der Waals surface area contributed by atoms with Gasteiger partial charge in [-0.3, -0.25) is 18.9 Å². The molecule has 0 aliphatic carbocycles. The second kappa shape index (κ2) is 9.36. The van der Waals surface area contributed by atoms with Crippen LogP contribution < -0.4 is 17.0 Å². The van der Waals surface area contributed by atoms with Crippen molar-refractivity contribution in [2.75, 3.05) is 5.73 Å². The van der Waals surface area contributed by atoms with Gasteiger partial charge in [-0.2, -0.15) is 13.2 Å². The van der Waals surface area contributed by atoms with Crippen molar-refractivity contribution in [2.45, 2.75) is 12.9 Å². The summed E-state index contributed by atoms with van der Waals surface area (Å²) in [5.41, 5.74) is 2.47. The van der Waals surface area contributed by atoms with Crippen molar-refractivity contribution >= 4 is 35.7 Å². The maximum absolute atomic E-state index is 13.5. The lowest BCUT2D eigenvalue weighted by Crippen LogP contribution is -2.40. The predicted molar refractivity (Wildman–Crippen MR) is 130 cm³/mol. The van der Waals surface area contributed by atoms with Crippen LogP contribution in [0.2, 0.25) is 0 Å². The van der Waals surface area contributed by atoms with Crippen LogP contribution in [0.5, 0.6) is 0 Å². The summed E-state index contributed by atoms with van der Waals surface area (Å²) in [6.45, 7) is -1.19. The quantitative estimate of drug-likeness (QED) is 0.211. The number of anilines is 1. The maximum Gasteiger partial charge on any atom is 0.471 e. The zero-order valence-corrected chi connectivity index (χ0v) is 20.2. The van der Waals surface area contributed by atoms with E-state index in [9.17, 15) is 27.3 Å². The molecule has 0 radical (unpaired) electrons. The Kier molecular flexibility index (Phi) is 6.27. The largest absolute Gasteiger partial charge is 0.471 e. The molecule has 5 rings (SSSR count). The zero-order chi connectivity index (χ0) is 28.1. The zero-order valence-electron chi connectivity index (χ0n) is 19.3. The Morgan fingerprint density at radius 1 is 1.03 bits per heavy atom. The molecule has 0 spiro atoms. The number of phosphoric acid groups is 1. The number of phosphoric ester groups is 1. The first-order chi connectivity index (χ1) is 18.3. The van der Waals surface area contributed by atoms with E-state index >= 15 is 0 Å². The van der Waals surface area contributed by atoms with Crippen LogP contribution in [0.1, 0.15) is 5.56 Å². The molecular formula is C22H15F3N7O6P. The van der Waals surface area contributed by atoms with Gasteiger partial charge in [-0.15, -0.1) is 0 Å². The van der Waals surface area contributed by atoms with Crippen LogP contribution in [0.3, 0.4) is 0 Å². The van der Waals surface area contributed by atoms with Gasteiger partial charge in [-0.05, 0) is 30.3 Å². The Morgan fingerprint density at radius 3 is 2.41 bits per heavy atom. The van der Waals surface area contributed by atoms with Gasteiger partial charge in [-0.25, -0.2) is 28.9 Å². The molecule has 200 valence electrons. The molecule has 0 unspecified atom stereocenters. The molecule has 5 aromatic rings. The number of fused-ring (bicyclic) bond motifs is 3. The molecule has 0 amide bonds. The average Bonchev–Trinajstić information content (AvgIpc) is 2.88. The minimum atomic E-state index is -5.14. The number of pyridine rings is 2. The number of alkyl halides is 3. The summed E-state index contributed by atoms with van der Waals surface area (Å²) in [7, 11) is -5.14. The third kappa shape index (κ3) is 5.00. The fourth-order valence-corrected chi connectivity index (χ4v) is 4.09. The number of rotatable bonds is 5. The van der Waals surface area contributed by atoms with Crippen LogP contribution in [-0.4, -0.2) is 38.9 Å². The Balaban J connectivity index is 1.89. The molecule has 13 nitrogen and oxygen atoms in total. The number of nitrogen functional groups attached to an aromatic ring is 1. The van der Waals surface area contributed by atoms with E-state index < -0.39 is 37.5 Å². The van der Waals surface area contributed by atoms with Crippen LogP contribution in [0.25, 0.3) is 38.9 Å². The summed E-state index contributed by atoms with van der Waals surface area (Å²) in [5.74, 6) is 0.00289. The Bertz CT molecular complexity index is 1920. The minimum absolute atomic E-state index is 0.00289. The molecule has 0 atom stereocenters. The van der Waals surface area contributed by atoms with Crippen molar-refractivity contribution in [1.82, 2.24) is 29.1 Å². The smallest absolute Gasteiger partial charge is 0.368 e. The second-order valence-corrected chi connectivity index (χ2v) is 9.30. The van der Waals surface area contributed by atoms with Crippen molar-refractivity contribution < 1.29 is 32.0 Å². The molecule has 0 fully saturated rings. The number of nitrogens with two attached hydrogens (primary N) is 1. The summed E-state index contributed by atoms with van der Waals surface area (Å²) in [5, 5.41) is -0.285. The maximum atomic E-state index is 13.5. The van der Waals surface area contributed by atoms with Crippen LogP contribution in [-0.2, 0) is 22.0 Å². The van der Waals surface area contributed by atoms with Crippen LogP contribution in [0, 0.1) is 0 Å². The van der Waals surface area contributed by atoms with Gasteiger partial charge in [0, 0.05) is 24.2 Å². The highest BCUT2D eigenvalue weighted by Gasteiger charge is 2.31. The number of nitrogens with zero attached hydrogens (tertiary/aromatic N) is 6. The van der Waals surface area contributed by atoms with Crippen molar-refractivity contribution in [3.63, 3.8) is 0 Å². The van der Waals surface area contributed by atoms with Gasteiger partial charge >= 0.3 is 19.7 Å². The van der Waals surface area contributed by atoms with Gasteiger partial charge < -0.3 is 15.5 Å². The fraction of sp³-hybridized carbons (Fsp3) is 0.0909. The van der Waals surface area contributed by atoms with E-state index in [1.54, 1.807) is 6.07 Å². The van der Waals surface area contributed by atoms with Crippen molar-refractivity contribution in [2.24, 2.45) is 0 Å². The van der Waals surface area contributed by atoms with E-state index in [1.165, 1.54) is 24.5 Å². The van der Waals surface area contributed by atoms with E-state index in [4.69, 9.17) is 15.5 Å².